The summed E-state index contributed by atoms with van der Waals surface area (Å²) in [6.45, 7) is 13.0. The Balaban J connectivity index is 1.69. The Morgan fingerprint density at radius 2 is 1.52 bits per heavy atom. The summed E-state index contributed by atoms with van der Waals surface area (Å²) < 4.78 is 17.6. The average Bonchev–Trinajstić information content (AvgIpc) is 3.45. The highest BCUT2D eigenvalue weighted by Crippen LogP contribution is 2.48. The Hall–Kier alpha value is -5.08. The minimum absolute atomic E-state index is 0.000650. The van der Waals surface area contributed by atoms with E-state index in [0.29, 0.717) is 12.1 Å². The molecule has 0 radical (unpaired) electrons. The lowest BCUT2D eigenvalue weighted by Gasteiger charge is -2.36. The van der Waals surface area contributed by atoms with Gasteiger partial charge in [-0.15, -0.1) is 0 Å². The third-order valence-corrected chi connectivity index (χ3v) is 11.4. The highest BCUT2D eigenvalue weighted by atomic mass is 16.7. The second kappa shape index (κ2) is 16.6. The first-order valence-electron chi connectivity index (χ1n) is 18.8. The van der Waals surface area contributed by atoms with Crippen LogP contribution in [-0.2, 0) is 20.7 Å². The van der Waals surface area contributed by atoms with Crippen LogP contribution in [0.5, 0.6) is 11.5 Å². The van der Waals surface area contributed by atoms with Gasteiger partial charge in [-0.25, -0.2) is 0 Å². The molecular weight excluding hydrogens is 720 g/mol. The van der Waals surface area contributed by atoms with Gasteiger partial charge in [-0.05, 0) is 38.0 Å². The summed E-state index contributed by atoms with van der Waals surface area (Å²) in [6, 6.07) is 7.10. The second-order valence-corrected chi connectivity index (χ2v) is 15.1. The number of benzene rings is 2. The molecule has 0 fully saturated rings. The highest BCUT2D eigenvalue weighted by molar-refractivity contribution is 6.33. The number of hydrogen-bond acceptors (Lipinski definition) is 12. The van der Waals surface area contributed by atoms with E-state index >= 15 is 0 Å². The number of carbonyl (C=O) groups is 4. The number of carbonyl (C=O) groups excluding carboxylic acids is 4. The topological polar surface area (TPSA) is 201 Å². The molecule has 13 heteroatoms. The smallest absolute Gasteiger partial charge is 0.312 e. The van der Waals surface area contributed by atoms with Crippen molar-refractivity contribution < 1.29 is 53.8 Å². The van der Waals surface area contributed by atoms with E-state index < -0.39 is 99.7 Å². The number of hydrogen-bond donors (Lipinski definition) is 6. The number of aryl methyl sites for hydroxylation is 1. The molecule has 6 N–H and O–H groups in total. The van der Waals surface area contributed by atoms with E-state index in [-0.39, 0.29) is 28.1 Å². The average molecular weight is 773 g/mol. The molecular formula is C43H52N2O11. The van der Waals surface area contributed by atoms with Gasteiger partial charge in [0, 0.05) is 54.5 Å². The summed E-state index contributed by atoms with van der Waals surface area (Å²) in [7, 11) is 1.43. The minimum Gasteiger partial charge on any atom is -0.507 e. The molecule has 13 nitrogen and oxygen atoms in total. The van der Waals surface area contributed by atoms with Crippen molar-refractivity contribution in [3.8, 4) is 11.5 Å². The predicted octanol–water partition coefficient (Wildman–Crippen LogP) is 5.06. The Morgan fingerprint density at radius 1 is 0.875 bits per heavy atom. The molecule has 0 aromatic heterocycles. The standard InChI is InChI=1S/C43H52N2O11/c1-10-26-16-11-12-17-27(26)44-32-33-39(51)30-29(38(32)50)31-40(25(7)37(30)49)56-43(8,41(31)52)55-19-18-28(54-9)22(4)35(47)24(6)36(48)23(5)34(46)20(2)14-13-15-21(3)42(53)45-33/h11-20,22-24,28,34-36,44,46-49H,10H2,1-9H3,(H,45,53)/t20-,22+,23+,24+,28-,34-,35+,36-,43-/m0/s1. The highest BCUT2D eigenvalue weighted by Gasteiger charge is 2.52. The van der Waals surface area contributed by atoms with E-state index in [1.807, 2.05) is 19.1 Å². The number of rotatable bonds is 4. The number of phenols is 1. The van der Waals surface area contributed by atoms with Crippen LogP contribution in [0.25, 0.3) is 0 Å². The Kier molecular flexibility index (Phi) is 12.4. The first-order valence-corrected chi connectivity index (χ1v) is 18.8. The molecule has 0 spiro atoms. The van der Waals surface area contributed by atoms with E-state index in [1.54, 1.807) is 52.0 Å². The number of para-hydroxylation sites is 1. The number of phenolic OH excluding ortho intramolecular Hbond substituents is 1. The molecule has 0 saturated carbocycles. The van der Waals surface area contributed by atoms with E-state index in [9.17, 15) is 39.6 Å². The van der Waals surface area contributed by atoms with Crippen LogP contribution in [0.2, 0.25) is 0 Å². The molecule has 2 aromatic carbocycles. The lowest BCUT2D eigenvalue weighted by atomic mass is 9.78. The van der Waals surface area contributed by atoms with Crippen molar-refractivity contribution in [3.63, 3.8) is 0 Å². The zero-order valence-electron chi connectivity index (χ0n) is 33.2. The molecule has 0 saturated heterocycles. The van der Waals surface area contributed by atoms with Crippen molar-refractivity contribution in [2.45, 2.75) is 92.0 Å². The molecule has 3 aliphatic heterocycles. The van der Waals surface area contributed by atoms with Crippen LogP contribution in [0.3, 0.4) is 0 Å². The molecule has 2 aromatic rings. The van der Waals surface area contributed by atoms with E-state index in [1.165, 1.54) is 46.3 Å². The first-order chi connectivity index (χ1) is 26.4. The van der Waals surface area contributed by atoms with E-state index in [4.69, 9.17) is 14.2 Å². The lowest BCUT2D eigenvalue weighted by molar-refractivity contribution is -0.116. The van der Waals surface area contributed by atoms with Crippen molar-refractivity contribution >= 4 is 28.9 Å². The maximum Gasteiger partial charge on any atom is 0.312 e. The van der Waals surface area contributed by atoms with Gasteiger partial charge in [0.05, 0.1) is 47.4 Å². The maximum absolute atomic E-state index is 14.7. The second-order valence-electron chi connectivity index (χ2n) is 15.1. The normalized spacial score (nSPS) is 30.2. The van der Waals surface area contributed by atoms with Gasteiger partial charge < -0.3 is 45.3 Å². The van der Waals surface area contributed by atoms with E-state index in [0.717, 1.165) is 5.56 Å². The number of fused-ring (bicyclic) bond motifs is 14. The molecule has 56 heavy (non-hydrogen) atoms. The summed E-state index contributed by atoms with van der Waals surface area (Å²) >= 11 is 0. The number of anilines is 1. The number of aliphatic hydroxyl groups is 3. The Labute approximate surface area is 326 Å². The monoisotopic (exact) mass is 772 g/mol. The molecule has 1 amide bonds. The number of Topliss-reactive ketones (excluding diaryl/α,β-unsaturated/α-hetero) is 3. The lowest BCUT2D eigenvalue weighted by Crippen LogP contribution is -2.45. The number of aliphatic hydroxyl groups excluding tert-OH is 3. The van der Waals surface area contributed by atoms with E-state index in [2.05, 4.69) is 10.6 Å². The van der Waals surface area contributed by atoms with Crippen LogP contribution in [0.4, 0.5) is 5.69 Å². The molecule has 1 aliphatic carbocycles. The number of methoxy groups -OCH3 is 1. The van der Waals surface area contributed by atoms with Crippen molar-refractivity contribution in [1.82, 2.24) is 5.32 Å². The molecule has 6 rings (SSSR count). The number of aromatic hydroxyl groups is 1. The van der Waals surface area contributed by atoms with Crippen LogP contribution < -0.4 is 15.4 Å². The SMILES string of the molecule is CCc1ccccc1NC1=C2NC(=O)C(C)=CC=C[C@H](C)[C@H](O)[C@@H](C)[C@H](O)[C@H](C)[C@H](O)[C@H](C)[C@@H](OC)C=CO[C@@]3(C)Oc4c(C)c(O)c(c(c4C3=O)C1=O)C2=O. The Bertz CT molecular complexity index is 2050. The molecule has 0 unspecified atom stereocenters. The predicted molar refractivity (Wildman–Crippen MR) is 208 cm³/mol. The van der Waals surface area contributed by atoms with Gasteiger partial charge in [0.25, 0.3) is 11.7 Å². The zero-order chi connectivity index (χ0) is 41.4. The van der Waals surface area contributed by atoms with Gasteiger partial charge >= 0.3 is 5.79 Å². The van der Waals surface area contributed by atoms with Gasteiger partial charge in [-0.2, -0.15) is 0 Å². The fourth-order valence-electron chi connectivity index (χ4n) is 7.51. The van der Waals surface area contributed by atoms with Crippen LogP contribution in [-0.4, -0.2) is 81.0 Å². The minimum atomic E-state index is -2.07. The fraction of sp³-hybridized carbons (Fsp3) is 0.442. The van der Waals surface area contributed by atoms with Crippen LogP contribution in [0.15, 0.2) is 71.8 Å². The summed E-state index contributed by atoms with van der Waals surface area (Å²) in [5, 5.41) is 50.9. The molecule has 300 valence electrons. The number of amides is 1. The van der Waals surface area contributed by atoms with Crippen molar-refractivity contribution in [2.75, 3.05) is 12.4 Å². The van der Waals surface area contributed by atoms with Gasteiger partial charge in [-0.1, -0.05) is 71.0 Å². The third kappa shape index (κ3) is 7.56. The van der Waals surface area contributed by atoms with Crippen molar-refractivity contribution in [3.05, 3.63) is 99.6 Å². The van der Waals surface area contributed by atoms with Gasteiger partial charge in [0.15, 0.2) is 0 Å². The van der Waals surface area contributed by atoms with Crippen molar-refractivity contribution in [2.24, 2.45) is 23.7 Å². The Morgan fingerprint density at radius 3 is 2.18 bits per heavy atom. The molecule has 5 bridgehead atoms. The largest absolute Gasteiger partial charge is 0.507 e. The molecule has 3 heterocycles. The summed E-state index contributed by atoms with van der Waals surface area (Å²) in [4.78, 5) is 57.2. The molecule has 4 aliphatic rings. The van der Waals surface area contributed by atoms with Crippen LogP contribution in [0, 0.1) is 30.6 Å². The molecule has 9 atom stereocenters. The summed E-state index contributed by atoms with van der Waals surface area (Å²) in [6.07, 6.45) is 3.86. The van der Waals surface area contributed by atoms with Crippen LogP contribution in [0.1, 0.15) is 90.7 Å². The van der Waals surface area contributed by atoms with Gasteiger partial charge in [-0.3, -0.25) is 19.2 Å². The third-order valence-electron chi connectivity index (χ3n) is 11.4. The number of allylic oxidation sites excluding steroid dienone is 4. The number of nitrogens with one attached hydrogen (secondary N) is 2. The number of ketones is 3. The summed E-state index contributed by atoms with van der Waals surface area (Å²) in [5.41, 5.74) is -0.500. The summed E-state index contributed by atoms with van der Waals surface area (Å²) in [5.74, 6) is -8.61. The fourth-order valence-corrected chi connectivity index (χ4v) is 7.51. The first kappa shape index (κ1) is 42.1. The van der Waals surface area contributed by atoms with Gasteiger partial charge in [0.2, 0.25) is 11.6 Å². The van der Waals surface area contributed by atoms with Gasteiger partial charge in [0.1, 0.15) is 22.9 Å². The quantitative estimate of drug-likeness (QED) is 0.242. The zero-order valence-corrected chi connectivity index (χ0v) is 33.2. The van der Waals surface area contributed by atoms with Crippen molar-refractivity contribution in [1.29, 1.82) is 0 Å². The number of ether oxygens (including phenoxy) is 3. The maximum atomic E-state index is 14.7. The van der Waals surface area contributed by atoms with Crippen LogP contribution >= 0.6 is 0 Å².